The monoisotopic (exact) mass is 277 g/mol. The summed E-state index contributed by atoms with van der Waals surface area (Å²) in [6, 6.07) is 2.26. The van der Waals surface area contributed by atoms with Crippen LogP contribution in [0.2, 0.25) is 0 Å². The number of aryl methyl sites for hydroxylation is 1. The first-order valence-electron chi connectivity index (χ1n) is 8.46. The van der Waals surface area contributed by atoms with Crippen LogP contribution >= 0.6 is 0 Å². The second-order valence-electron chi connectivity index (χ2n) is 6.37. The molecule has 1 aromatic rings. The first-order valence-corrected chi connectivity index (χ1v) is 8.46. The molecule has 0 spiro atoms. The van der Waals surface area contributed by atoms with Gasteiger partial charge in [0, 0.05) is 24.4 Å². The van der Waals surface area contributed by atoms with Crippen LogP contribution in [0.1, 0.15) is 64.0 Å². The molecule has 1 aliphatic carbocycles. The average molecular weight is 277 g/mol. The predicted molar refractivity (Wildman–Crippen MR) is 84.9 cm³/mol. The Morgan fingerprint density at radius 1 is 1.30 bits per heavy atom. The van der Waals surface area contributed by atoms with E-state index < -0.39 is 0 Å². The SMILES string of the molecule is CCCC1CCC(CNC)C(c2ccnn2CCC)C1. The number of nitrogens with one attached hydrogen (secondary N) is 1. The fraction of sp³-hybridized carbons (Fsp3) is 0.824. The molecular weight excluding hydrogens is 246 g/mol. The molecule has 1 saturated carbocycles. The molecule has 20 heavy (non-hydrogen) atoms. The molecule has 3 nitrogen and oxygen atoms in total. The van der Waals surface area contributed by atoms with Crippen molar-refractivity contribution in [1.29, 1.82) is 0 Å². The van der Waals surface area contributed by atoms with Gasteiger partial charge in [-0.1, -0.05) is 33.1 Å². The van der Waals surface area contributed by atoms with Gasteiger partial charge in [-0.2, -0.15) is 5.10 Å². The highest BCUT2D eigenvalue weighted by molar-refractivity contribution is 5.11. The van der Waals surface area contributed by atoms with Crippen LogP contribution in [-0.4, -0.2) is 23.4 Å². The minimum Gasteiger partial charge on any atom is -0.319 e. The van der Waals surface area contributed by atoms with Crippen LogP contribution in [0.5, 0.6) is 0 Å². The van der Waals surface area contributed by atoms with Crippen LogP contribution in [0, 0.1) is 11.8 Å². The predicted octanol–water partition coefficient (Wildman–Crippen LogP) is 3.81. The molecular formula is C17H31N3. The number of nitrogens with zero attached hydrogens (tertiary/aromatic N) is 2. The van der Waals surface area contributed by atoms with Crippen molar-refractivity contribution in [2.75, 3.05) is 13.6 Å². The van der Waals surface area contributed by atoms with Gasteiger partial charge in [-0.05, 0) is 50.8 Å². The van der Waals surface area contributed by atoms with Crippen molar-refractivity contribution >= 4 is 0 Å². The summed E-state index contributed by atoms with van der Waals surface area (Å²) in [6.45, 7) is 6.75. The number of rotatable bonds is 7. The van der Waals surface area contributed by atoms with E-state index in [1.54, 1.807) is 0 Å². The summed E-state index contributed by atoms with van der Waals surface area (Å²) < 4.78 is 2.25. The molecule has 2 rings (SSSR count). The van der Waals surface area contributed by atoms with Gasteiger partial charge >= 0.3 is 0 Å². The van der Waals surface area contributed by atoms with Gasteiger partial charge in [0.05, 0.1) is 0 Å². The quantitative estimate of drug-likeness (QED) is 0.821. The van der Waals surface area contributed by atoms with Gasteiger partial charge < -0.3 is 5.32 Å². The van der Waals surface area contributed by atoms with Crippen LogP contribution in [0.4, 0.5) is 0 Å². The van der Waals surface area contributed by atoms with Crippen LogP contribution in [0.15, 0.2) is 12.3 Å². The van der Waals surface area contributed by atoms with Gasteiger partial charge in [-0.25, -0.2) is 0 Å². The van der Waals surface area contributed by atoms with Crippen molar-refractivity contribution in [3.05, 3.63) is 18.0 Å². The van der Waals surface area contributed by atoms with E-state index in [1.165, 1.54) is 37.8 Å². The lowest BCUT2D eigenvalue weighted by Gasteiger charge is -2.36. The molecule has 1 N–H and O–H groups in total. The van der Waals surface area contributed by atoms with Crippen LogP contribution in [0.25, 0.3) is 0 Å². The third kappa shape index (κ3) is 3.63. The molecule has 3 unspecified atom stereocenters. The van der Waals surface area contributed by atoms with Gasteiger partial charge in [-0.3, -0.25) is 4.68 Å². The standard InChI is InChI=1S/C17H31N3/c1-4-6-14-7-8-15(13-18-3)16(12-14)17-9-10-19-20(17)11-5-2/h9-10,14-16,18H,4-8,11-13H2,1-3H3. The fourth-order valence-corrected chi connectivity index (χ4v) is 3.92. The largest absolute Gasteiger partial charge is 0.319 e. The summed E-state index contributed by atoms with van der Waals surface area (Å²) in [5, 5.41) is 7.94. The van der Waals surface area contributed by atoms with Gasteiger partial charge in [0.2, 0.25) is 0 Å². The summed E-state index contributed by atoms with van der Waals surface area (Å²) in [7, 11) is 2.08. The maximum absolute atomic E-state index is 4.54. The highest BCUT2D eigenvalue weighted by Gasteiger charge is 2.32. The first-order chi connectivity index (χ1) is 9.80. The lowest BCUT2D eigenvalue weighted by Crippen LogP contribution is -2.32. The molecule has 1 heterocycles. The summed E-state index contributed by atoms with van der Waals surface area (Å²) in [5.41, 5.74) is 1.48. The Morgan fingerprint density at radius 2 is 2.15 bits per heavy atom. The maximum Gasteiger partial charge on any atom is 0.0492 e. The van der Waals surface area contributed by atoms with E-state index in [-0.39, 0.29) is 0 Å². The van der Waals surface area contributed by atoms with E-state index >= 15 is 0 Å². The lowest BCUT2D eigenvalue weighted by atomic mass is 9.71. The Balaban J connectivity index is 2.15. The molecule has 0 aliphatic heterocycles. The summed E-state index contributed by atoms with van der Waals surface area (Å²) in [6.07, 6.45) is 10.0. The van der Waals surface area contributed by atoms with Gasteiger partial charge in [0.1, 0.15) is 0 Å². The third-order valence-electron chi connectivity index (χ3n) is 4.83. The summed E-state index contributed by atoms with van der Waals surface area (Å²) in [5.74, 6) is 2.39. The zero-order valence-corrected chi connectivity index (χ0v) is 13.4. The number of hydrogen-bond acceptors (Lipinski definition) is 2. The second kappa shape index (κ2) is 7.82. The van der Waals surface area contributed by atoms with E-state index in [0.717, 1.165) is 31.3 Å². The van der Waals surface area contributed by atoms with Crippen LogP contribution in [-0.2, 0) is 6.54 Å². The smallest absolute Gasteiger partial charge is 0.0492 e. The Hall–Kier alpha value is -0.830. The topological polar surface area (TPSA) is 29.9 Å². The summed E-state index contributed by atoms with van der Waals surface area (Å²) in [4.78, 5) is 0. The molecule has 0 saturated heterocycles. The molecule has 114 valence electrons. The zero-order chi connectivity index (χ0) is 14.4. The van der Waals surface area contributed by atoms with Crippen molar-refractivity contribution in [3.63, 3.8) is 0 Å². The third-order valence-corrected chi connectivity index (χ3v) is 4.83. The number of hydrogen-bond donors (Lipinski definition) is 1. The highest BCUT2D eigenvalue weighted by Crippen LogP contribution is 2.41. The average Bonchev–Trinajstić information content (AvgIpc) is 2.90. The number of aromatic nitrogens is 2. The molecule has 1 aromatic heterocycles. The minimum absolute atomic E-state index is 0.696. The molecule has 0 radical (unpaired) electrons. The lowest BCUT2D eigenvalue weighted by molar-refractivity contribution is 0.215. The van der Waals surface area contributed by atoms with Gasteiger partial charge in [0.25, 0.3) is 0 Å². The zero-order valence-electron chi connectivity index (χ0n) is 13.4. The van der Waals surface area contributed by atoms with Gasteiger partial charge in [-0.15, -0.1) is 0 Å². The highest BCUT2D eigenvalue weighted by atomic mass is 15.3. The first kappa shape index (κ1) is 15.6. The van der Waals surface area contributed by atoms with Crippen molar-refractivity contribution < 1.29 is 0 Å². The van der Waals surface area contributed by atoms with Crippen LogP contribution in [0.3, 0.4) is 0 Å². The maximum atomic E-state index is 4.54. The van der Waals surface area contributed by atoms with E-state index in [0.29, 0.717) is 5.92 Å². The second-order valence-corrected chi connectivity index (χ2v) is 6.37. The van der Waals surface area contributed by atoms with E-state index in [4.69, 9.17) is 0 Å². The van der Waals surface area contributed by atoms with Crippen molar-refractivity contribution in [2.24, 2.45) is 11.8 Å². The molecule has 1 aliphatic rings. The van der Waals surface area contributed by atoms with Crippen molar-refractivity contribution in [3.8, 4) is 0 Å². The molecule has 0 bridgehead atoms. The van der Waals surface area contributed by atoms with E-state index in [1.807, 2.05) is 6.20 Å². The Morgan fingerprint density at radius 3 is 2.85 bits per heavy atom. The van der Waals surface area contributed by atoms with E-state index in [9.17, 15) is 0 Å². The Labute approximate surface area is 124 Å². The molecule has 3 heteroatoms. The van der Waals surface area contributed by atoms with Crippen molar-refractivity contribution in [2.45, 2.75) is 64.8 Å². The van der Waals surface area contributed by atoms with Crippen molar-refractivity contribution in [1.82, 2.24) is 15.1 Å². The fourth-order valence-electron chi connectivity index (χ4n) is 3.92. The summed E-state index contributed by atoms with van der Waals surface area (Å²) >= 11 is 0. The van der Waals surface area contributed by atoms with Crippen LogP contribution < -0.4 is 5.32 Å². The molecule has 1 fully saturated rings. The molecule has 0 aromatic carbocycles. The minimum atomic E-state index is 0.696. The normalized spacial score (nSPS) is 26.9. The molecule has 0 amide bonds. The van der Waals surface area contributed by atoms with Gasteiger partial charge in [0.15, 0.2) is 0 Å². The molecule has 3 atom stereocenters. The Kier molecular flexibility index (Phi) is 6.08. The van der Waals surface area contributed by atoms with E-state index in [2.05, 4.69) is 42.1 Å². The Bertz CT molecular complexity index is 385.